The van der Waals surface area contributed by atoms with Gasteiger partial charge in [0, 0.05) is 31.5 Å². The third-order valence-electron chi connectivity index (χ3n) is 3.95. The van der Waals surface area contributed by atoms with Crippen LogP contribution in [0.2, 0.25) is 0 Å². The lowest BCUT2D eigenvalue weighted by Crippen LogP contribution is -2.45. The van der Waals surface area contributed by atoms with Gasteiger partial charge in [-0.25, -0.2) is 0 Å². The summed E-state index contributed by atoms with van der Waals surface area (Å²) in [7, 11) is 0. The molecule has 2 unspecified atom stereocenters. The summed E-state index contributed by atoms with van der Waals surface area (Å²) >= 11 is 1.94. The lowest BCUT2D eigenvalue weighted by Gasteiger charge is -2.36. The Bertz CT molecular complexity index is 214. The van der Waals surface area contributed by atoms with Gasteiger partial charge in [0.15, 0.2) is 0 Å². The zero-order valence-corrected chi connectivity index (χ0v) is 13.6. The molecule has 19 heavy (non-hydrogen) atoms. The Morgan fingerprint density at radius 3 is 3.00 bits per heavy atom. The number of aliphatic hydroxyl groups excluding tert-OH is 1. The molecule has 0 saturated carbocycles. The number of rotatable bonds is 10. The number of hydrogen-bond donors (Lipinski definition) is 2. The highest BCUT2D eigenvalue weighted by Gasteiger charge is 2.23. The van der Waals surface area contributed by atoms with Crippen LogP contribution in [0, 0.1) is 5.92 Å². The predicted octanol–water partition coefficient (Wildman–Crippen LogP) is 2.20. The van der Waals surface area contributed by atoms with Crippen LogP contribution in [-0.4, -0.2) is 60.3 Å². The van der Waals surface area contributed by atoms with Crippen LogP contribution in [0.3, 0.4) is 0 Å². The zero-order chi connectivity index (χ0) is 13.9. The van der Waals surface area contributed by atoms with Gasteiger partial charge in [0.2, 0.25) is 0 Å². The van der Waals surface area contributed by atoms with E-state index in [2.05, 4.69) is 24.1 Å². The Morgan fingerprint density at radius 2 is 2.26 bits per heavy atom. The first kappa shape index (κ1) is 17.3. The smallest absolute Gasteiger partial charge is 0.0438 e. The number of hydrogen-bond acceptors (Lipinski definition) is 4. The fourth-order valence-corrected chi connectivity index (χ4v) is 3.61. The average Bonchev–Trinajstić information content (AvgIpc) is 2.43. The topological polar surface area (TPSA) is 35.5 Å². The van der Waals surface area contributed by atoms with E-state index < -0.39 is 0 Å². The van der Waals surface area contributed by atoms with Crippen LogP contribution in [0.4, 0.5) is 0 Å². The molecule has 3 nitrogen and oxygen atoms in total. The van der Waals surface area contributed by atoms with Crippen molar-refractivity contribution in [1.82, 2.24) is 10.2 Å². The van der Waals surface area contributed by atoms with Crippen LogP contribution < -0.4 is 5.32 Å². The molecule has 1 aliphatic rings. The van der Waals surface area contributed by atoms with Crippen molar-refractivity contribution < 1.29 is 5.11 Å². The maximum Gasteiger partial charge on any atom is 0.0438 e. The summed E-state index contributed by atoms with van der Waals surface area (Å²) in [5.41, 5.74) is 0. The summed E-state index contributed by atoms with van der Waals surface area (Å²) in [5.74, 6) is 3.07. The van der Waals surface area contributed by atoms with E-state index in [0.29, 0.717) is 12.6 Å². The molecule has 4 heteroatoms. The van der Waals surface area contributed by atoms with Crippen LogP contribution in [-0.2, 0) is 0 Å². The summed E-state index contributed by atoms with van der Waals surface area (Å²) in [5, 5.41) is 12.4. The molecule has 0 aromatic carbocycles. The highest BCUT2D eigenvalue weighted by atomic mass is 32.2. The summed E-state index contributed by atoms with van der Waals surface area (Å²) in [6.45, 7) is 9.88. The van der Waals surface area contributed by atoms with Crippen LogP contribution in [0.5, 0.6) is 0 Å². The van der Waals surface area contributed by atoms with Crippen molar-refractivity contribution in [3.63, 3.8) is 0 Å². The molecule has 1 rings (SSSR count). The lowest BCUT2D eigenvalue weighted by atomic mass is 9.91. The van der Waals surface area contributed by atoms with Crippen LogP contribution in [0.25, 0.3) is 0 Å². The first-order valence-electron chi connectivity index (χ1n) is 7.92. The lowest BCUT2D eigenvalue weighted by molar-refractivity contribution is 0.152. The van der Waals surface area contributed by atoms with Gasteiger partial charge in [0.1, 0.15) is 0 Å². The minimum Gasteiger partial charge on any atom is -0.396 e. The first-order chi connectivity index (χ1) is 9.27. The van der Waals surface area contributed by atoms with Gasteiger partial charge in [0.05, 0.1) is 0 Å². The Hall–Kier alpha value is 0.230. The summed E-state index contributed by atoms with van der Waals surface area (Å²) in [4.78, 5) is 2.63. The second-order valence-corrected chi connectivity index (χ2v) is 6.86. The molecule has 2 atom stereocenters. The molecular formula is C15H32N2OS. The molecule has 1 fully saturated rings. The minimum atomic E-state index is 0.326. The Morgan fingerprint density at radius 1 is 1.42 bits per heavy atom. The number of thioether (sulfide) groups is 1. The number of aliphatic hydroxyl groups is 1. The van der Waals surface area contributed by atoms with Gasteiger partial charge in [-0.1, -0.05) is 6.92 Å². The summed E-state index contributed by atoms with van der Waals surface area (Å²) in [6.07, 6.45) is 4.94. The van der Waals surface area contributed by atoms with Crippen molar-refractivity contribution in [2.45, 2.75) is 45.6 Å². The van der Waals surface area contributed by atoms with Gasteiger partial charge in [-0.15, -0.1) is 0 Å². The van der Waals surface area contributed by atoms with Gasteiger partial charge in [-0.3, -0.25) is 0 Å². The highest BCUT2D eigenvalue weighted by molar-refractivity contribution is 7.99. The Labute approximate surface area is 123 Å². The molecule has 0 bridgehead atoms. The van der Waals surface area contributed by atoms with Crippen molar-refractivity contribution >= 4 is 11.8 Å². The standard InChI is InChI=1S/C15H32N2OS/c1-3-8-17-9-4-6-15(13-17)14(2)16-7-12-19-11-5-10-18/h14-16,18H,3-13H2,1-2H3. The van der Waals surface area contributed by atoms with E-state index in [-0.39, 0.29) is 0 Å². The normalized spacial score (nSPS) is 22.6. The maximum atomic E-state index is 8.72. The molecule has 2 N–H and O–H groups in total. The zero-order valence-electron chi connectivity index (χ0n) is 12.7. The minimum absolute atomic E-state index is 0.326. The Balaban J connectivity index is 2.09. The van der Waals surface area contributed by atoms with E-state index in [9.17, 15) is 0 Å². The largest absolute Gasteiger partial charge is 0.396 e. The summed E-state index contributed by atoms with van der Waals surface area (Å²) < 4.78 is 0. The first-order valence-corrected chi connectivity index (χ1v) is 9.07. The molecule has 0 aliphatic carbocycles. The fourth-order valence-electron chi connectivity index (χ4n) is 2.81. The molecule has 0 radical (unpaired) electrons. The maximum absolute atomic E-state index is 8.72. The van der Waals surface area contributed by atoms with Crippen molar-refractivity contribution in [2.24, 2.45) is 5.92 Å². The second-order valence-electron chi connectivity index (χ2n) is 5.64. The second kappa shape index (κ2) is 11.0. The van der Waals surface area contributed by atoms with Gasteiger partial charge < -0.3 is 15.3 Å². The van der Waals surface area contributed by atoms with Gasteiger partial charge in [0.25, 0.3) is 0 Å². The van der Waals surface area contributed by atoms with E-state index >= 15 is 0 Å². The van der Waals surface area contributed by atoms with Crippen LogP contribution in [0.1, 0.15) is 39.5 Å². The SMILES string of the molecule is CCCN1CCCC(C(C)NCCSCCCO)C1. The summed E-state index contributed by atoms with van der Waals surface area (Å²) in [6, 6.07) is 0.637. The van der Waals surface area contributed by atoms with E-state index in [1.807, 2.05) is 11.8 Å². The average molecular weight is 289 g/mol. The van der Waals surface area contributed by atoms with Crippen molar-refractivity contribution in [3.05, 3.63) is 0 Å². The van der Waals surface area contributed by atoms with E-state index in [0.717, 1.165) is 30.4 Å². The molecule has 0 amide bonds. The predicted molar refractivity (Wildman–Crippen MR) is 85.9 cm³/mol. The van der Waals surface area contributed by atoms with Crippen molar-refractivity contribution in [1.29, 1.82) is 0 Å². The molecule has 1 aliphatic heterocycles. The Kier molecular flexibility index (Phi) is 9.96. The number of nitrogens with one attached hydrogen (secondary N) is 1. The van der Waals surface area contributed by atoms with Crippen molar-refractivity contribution in [2.75, 3.05) is 44.3 Å². The van der Waals surface area contributed by atoms with Gasteiger partial charge in [-0.05, 0) is 57.4 Å². The quantitative estimate of drug-likeness (QED) is 0.604. The number of piperidine rings is 1. The molecule has 0 aromatic heterocycles. The number of nitrogens with zero attached hydrogens (tertiary/aromatic N) is 1. The van der Waals surface area contributed by atoms with E-state index in [1.54, 1.807) is 0 Å². The molecule has 114 valence electrons. The molecule has 0 aromatic rings. The highest BCUT2D eigenvalue weighted by Crippen LogP contribution is 2.19. The van der Waals surface area contributed by atoms with Crippen LogP contribution in [0.15, 0.2) is 0 Å². The van der Waals surface area contributed by atoms with E-state index in [1.165, 1.54) is 38.9 Å². The molecule has 1 saturated heterocycles. The fraction of sp³-hybridized carbons (Fsp3) is 1.00. The molecule has 0 spiro atoms. The van der Waals surface area contributed by atoms with Gasteiger partial charge in [-0.2, -0.15) is 11.8 Å². The van der Waals surface area contributed by atoms with Crippen LogP contribution >= 0.6 is 11.8 Å². The van der Waals surface area contributed by atoms with Gasteiger partial charge >= 0.3 is 0 Å². The monoisotopic (exact) mass is 288 g/mol. The third-order valence-corrected chi connectivity index (χ3v) is 5.02. The van der Waals surface area contributed by atoms with E-state index in [4.69, 9.17) is 5.11 Å². The number of likely N-dealkylation sites (tertiary alicyclic amines) is 1. The van der Waals surface area contributed by atoms with Crippen molar-refractivity contribution in [3.8, 4) is 0 Å². The molecule has 1 heterocycles. The molecular weight excluding hydrogens is 256 g/mol. The third kappa shape index (κ3) is 7.54.